The first-order valence-electron chi connectivity index (χ1n) is 4.80. The predicted molar refractivity (Wildman–Crippen MR) is 51.9 cm³/mol. The van der Waals surface area contributed by atoms with Crippen LogP contribution < -0.4 is 0 Å². The first-order valence-corrected chi connectivity index (χ1v) is 4.80. The number of ether oxygens (including phenoxy) is 1. The summed E-state index contributed by atoms with van der Waals surface area (Å²) in [6.07, 6.45) is 5.67. The summed E-state index contributed by atoms with van der Waals surface area (Å²) in [6, 6.07) is 0. The molecule has 1 fully saturated rings. The highest BCUT2D eigenvalue weighted by atomic mass is 16.5. The van der Waals surface area contributed by atoms with Gasteiger partial charge in [0.25, 0.3) is 0 Å². The third-order valence-corrected chi connectivity index (χ3v) is 2.64. The van der Waals surface area contributed by atoms with Crippen LogP contribution in [0.4, 0.5) is 0 Å². The Morgan fingerprint density at radius 1 is 1.42 bits per heavy atom. The predicted octanol–water partition coefficient (Wildman–Crippen LogP) is 3.36. The van der Waals surface area contributed by atoms with Crippen LogP contribution in [0.15, 0.2) is 12.8 Å². The van der Waals surface area contributed by atoms with Crippen LogP contribution in [0.25, 0.3) is 0 Å². The van der Waals surface area contributed by atoms with E-state index in [1.165, 1.54) is 19.3 Å². The van der Waals surface area contributed by atoms with Gasteiger partial charge in [0.1, 0.15) is 0 Å². The van der Waals surface area contributed by atoms with E-state index in [0.717, 1.165) is 5.92 Å². The average Bonchev–Trinajstić information content (AvgIpc) is 1.82. The van der Waals surface area contributed by atoms with E-state index in [0.29, 0.717) is 11.5 Å². The van der Waals surface area contributed by atoms with Crippen molar-refractivity contribution in [3.05, 3.63) is 12.8 Å². The van der Waals surface area contributed by atoms with E-state index in [2.05, 4.69) is 27.4 Å². The van der Waals surface area contributed by atoms with Crippen LogP contribution in [0.2, 0.25) is 0 Å². The third-order valence-electron chi connectivity index (χ3n) is 2.64. The zero-order valence-electron chi connectivity index (χ0n) is 8.47. The van der Waals surface area contributed by atoms with Crippen molar-refractivity contribution in [3.8, 4) is 0 Å². The minimum Gasteiger partial charge on any atom is -0.499 e. The molecule has 1 aliphatic carbocycles. The molecule has 12 heavy (non-hydrogen) atoms. The van der Waals surface area contributed by atoms with Crippen LogP contribution in [-0.2, 0) is 4.74 Å². The molecule has 0 spiro atoms. The molecule has 0 N–H and O–H groups in total. The maximum absolute atomic E-state index is 5.45. The summed E-state index contributed by atoms with van der Waals surface area (Å²) in [5.74, 6) is 0.790. The summed E-state index contributed by atoms with van der Waals surface area (Å²) < 4.78 is 5.45. The summed E-state index contributed by atoms with van der Waals surface area (Å²) in [6.45, 7) is 10.6. The molecular weight excluding hydrogens is 148 g/mol. The van der Waals surface area contributed by atoms with E-state index in [-0.39, 0.29) is 0 Å². The highest BCUT2D eigenvalue weighted by Crippen LogP contribution is 2.39. The Kier molecular flexibility index (Phi) is 2.81. The second-order valence-corrected chi connectivity index (χ2v) is 4.84. The van der Waals surface area contributed by atoms with Crippen LogP contribution in [0, 0.1) is 11.3 Å². The lowest BCUT2D eigenvalue weighted by molar-refractivity contribution is 0.0276. The molecule has 1 heteroatoms. The fraction of sp³-hybridized carbons (Fsp3) is 0.818. The van der Waals surface area contributed by atoms with Gasteiger partial charge in [0.2, 0.25) is 0 Å². The van der Waals surface area contributed by atoms with Crippen molar-refractivity contribution in [2.75, 3.05) is 0 Å². The topological polar surface area (TPSA) is 9.23 Å². The van der Waals surface area contributed by atoms with Gasteiger partial charge in [-0.3, -0.25) is 0 Å². The van der Waals surface area contributed by atoms with Crippen LogP contribution in [0.1, 0.15) is 40.0 Å². The van der Waals surface area contributed by atoms with Gasteiger partial charge in [-0.25, -0.2) is 0 Å². The number of hydrogen-bond acceptors (Lipinski definition) is 1. The summed E-state index contributed by atoms with van der Waals surface area (Å²) in [4.78, 5) is 0. The van der Waals surface area contributed by atoms with E-state index in [1.807, 2.05) is 0 Å². The van der Waals surface area contributed by atoms with Gasteiger partial charge in [-0.05, 0) is 30.6 Å². The molecule has 0 unspecified atom stereocenters. The fourth-order valence-corrected chi connectivity index (χ4v) is 2.50. The van der Waals surface area contributed by atoms with E-state index in [9.17, 15) is 0 Å². The highest BCUT2D eigenvalue weighted by molar-refractivity contribution is 4.84. The van der Waals surface area contributed by atoms with Crippen LogP contribution >= 0.6 is 0 Å². The maximum Gasteiger partial charge on any atom is 0.0985 e. The van der Waals surface area contributed by atoms with Gasteiger partial charge in [-0.15, -0.1) is 0 Å². The Morgan fingerprint density at radius 3 is 2.58 bits per heavy atom. The average molecular weight is 168 g/mol. The van der Waals surface area contributed by atoms with Crippen molar-refractivity contribution in [2.24, 2.45) is 11.3 Å². The quantitative estimate of drug-likeness (QED) is 0.574. The first-order chi connectivity index (χ1) is 5.53. The molecule has 1 rings (SSSR count). The Labute approximate surface area is 75.8 Å². The first kappa shape index (κ1) is 9.63. The fourth-order valence-electron chi connectivity index (χ4n) is 2.50. The van der Waals surface area contributed by atoms with Gasteiger partial charge < -0.3 is 4.74 Å². The molecule has 0 heterocycles. The maximum atomic E-state index is 5.45. The monoisotopic (exact) mass is 168 g/mol. The highest BCUT2D eigenvalue weighted by Gasteiger charge is 2.32. The molecule has 0 aliphatic heterocycles. The molecule has 0 bridgehead atoms. The smallest absolute Gasteiger partial charge is 0.0985 e. The Balaban J connectivity index is 2.51. The van der Waals surface area contributed by atoms with Gasteiger partial charge >= 0.3 is 0 Å². The molecule has 2 atom stereocenters. The lowest BCUT2D eigenvalue weighted by Gasteiger charge is -2.38. The summed E-state index contributed by atoms with van der Waals surface area (Å²) >= 11 is 0. The van der Waals surface area contributed by atoms with Crippen molar-refractivity contribution in [2.45, 2.75) is 46.1 Å². The number of hydrogen-bond donors (Lipinski definition) is 0. The Morgan fingerprint density at radius 2 is 2.08 bits per heavy atom. The molecule has 0 radical (unpaired) electrons. The van der Waals surface area contributed by atoms with Gasteiger partial charge in [-0.2, -0.15) is 0 Å². The normalized spacial score (nSPS) is 34.2. The molecule has 1 aliphatic rings. The van der Waals surface area contributed by atoms with Gasteiger partial charge in [0, 0.05) is 0 Å². The van der Waals surface area contributed by atoms with E-state index in [1.54, 1.807) is 6.26 Å². The van der Waals surface area contributed by atoms with Gasteiger partial charge in [-0.1, -0.05) is 27.4 Å². The molecule has 0 aromatic heterocycles. The number of rotatable bonds is 2. The van der Waals surface area contributed by atoms with Crippen molar-refractivity contribution in [1.82, 2.24) is 0 Å². The molecule has 1 nitrogen and oxygen atoms in total. The summed E-state index contributed by atoms with van der Waals surface area (Å²) in [5.41, 5.74) is 0.450. The Hall–Kier alpha value is -0.460. The molecule has 70 valence electrons. The third kappa shape index (κ3) is 2.54. The second-order valence-electron chi connectivity index (χ2n) is 4.84. The molecular formula is C11H20O. The zero-order chi connectivity index (χ0) is 9.19. The lowest BCUT2D eigenvalue weighted by atomic mass is 9.71. The summed E-state index contributed by atoms with van der Waals surface area (Å²) in [5, 5.41) is 0. The minimum atomic E-state index is 0.404. The van der Waals surface area contributed by atoms with Crippen LogP contribution in [0.3, 0.4) is 0 Å². The van der Waals surface area contributed by atoms with Crippen LogP contribution in [0.5, 0.6) is 0 Å². The van der Waals surface area contributed by atoms with E-state index >= 15 is 0 Å². The molecule has 1 saturated carbocycles. The largest absolute Gasteiger partial charge is 0.499 e. The molecule has 0 amide bonds. The van der Waals surface area contributed by atoms with Crippen molar-refractivity contribution in [3.63, 3.8) is 0 Å². The van der Waals surface area contributed by atoms with Crippen LogP contribution in [-0.4, -0.2) is 6.10 Å². The second kappa shape index (κ2) is 3.51. The Bertz CT molecular complexity index is 160. The van der Waals surface area contributed by atoms with E-state index < -0.39 is 0 Å². The molecule has 0 aromatic rings. The standard InChI is InChI=1S/C11H20O/c1-5-12-10-6-9(2)7-11(3,4)8-10/h5,9-10H,1,6-8H2,2-4H3/t9-,10-/m0/s1. The molecule has 0 saturated heterocycles. The SMILES string of the molecule is C=CO[C@H]1C[C@H](C)CC(C)(C)C1. The van der Waals surface area contributed by atoms with Crippen molar-refractivity contribution in [1.29, 1.82) is 0 Å². The van der Waals surface area contributed by atoms with Crippen molar-refractivity contribution < 1.29 is 4.74 Å². The minimum absolute atomic E-state index is 0.404. The van der Waals surface area contributed by atoms with Crippen molar-refractivity contribution >= 4 is 0 Å². The zero-order valence-corrected chi connectivity index (χ0v) is 8.47. The van der Waals surface area contributed by atoms with Gasteiger partial charge in [0.05, 0.1) is 12.4 Å². The van der Waals surface area contributed by atoms with Gasteiger partial charge in [0.15, 0.2) is 0 Å². The lowest BCUT2D eigenvalue weighted by Crippen LogP contribution is -2.31. The van der Waals surface area contributed by atoms with E-state index in [4.69, 9.17) is 4.74 Å². The molecule has 0 aromatic carbocycles. The summed E-state index contributed by atoms with van der Waals surface area (Å²) in [7, 11) is 0.